The van der Waals surface area contributed by atoms with Gasteiger partial charge in [0, 0.05) is 13.1 Å². The highest BCUT2D eigenvalue weighted by molar-refractivity contribution is 6.45. The predicted molar refractivity (Wildman–Crippen MR) is 99.1 cm³/mol. The van der Waals surface area contributed by atoms with Crippen LogP contribution in [0.1, 0.15) is 24.0 Å². The van der Waals surface area contributed by atoms with Crippen molar-refractivity contribution in [3.8, 4) is 6.07 Å². The summed E-state index contributed by atoms with van der Waals surface area (Å²) in [5.74, 6) is 1.22. The Morgan fingerprint density at radius 3 is 2.38 bits per heavy atom. The fourth-order valence-corrected chi connectivity index (χ4v) is 3.84. The van der Waals surface area contributed by atoms with Crippen molar-refractivity contribution in [3.63, 3.8) is 0 Å². The van der Waals surface area contributed by atoms with Crippen LogP contribution in [0.15, 0.2) is 30.3 Å². The van der Waals surface area contributed by atoms with E-state index in [-0.39, 0.29) is 15.7 Å². The maximum absolute atomic E-state index is 9.07. The summed E-state index contributed by atoms with van der Waals surface area (Å²) in [6.07, 6.45) is 3.20. The van der Waals surface area contributed by atoms with E-state index in [1.807, 2.05) is 12.1 Å². The largest absolute Gasteiger partial charge is 0.355 e. The summed E-state index contributed by atoms with van der Waals surface area (Å²) >= 11 is 18.5. The molecule has 1 fully saturated rings. The molecule has 124 valence electrons. The highest BCUT2D eigenvalue weighted by atomic mass is 35.5. The lowest BCUT2D eigenvalue weighted by atomic mass is 9.90. The molecule has 2 aromatic rings. The van der Waals surface area contributed by atoms with Gasteiger partial charge >= 0.3 is 0 Å². The van der Waals surface area contributed by atoms with E-state index in [0.717, 1.165) is 32.4 Å². The van der Waals surface area contributed by atoms with Gasteiger partial charge < -0.3 is 4.90 Å². The monoisotopic (exact) mass is 379 g/mol. The van der Waals surface area contributed by atoms with Gasteiger partial charge in [-0.15, -0.1) is 0 Å². The number of halogens is 3. The summed E-state index contributed by atoms with van der Waals surface area (Å²) in [5.41, 5.74) is 1.50. The van der Waals surface area contributed by atoms with Gasteiger partial charge in [-0.3, -0.25) is 0 Å². The van der Waals surface area contributed by atoms with Crippen molar-refractivity contribution in [1.82, 2.24) is 4.98 Å². The number of hydrogen-bond acceptors (Lipinski definition) is 3. The first kappa shape index (κ1) is 17.4. The third-order valence-corrected chi connectivity index (χ3v) is 5.52. The molecule has 0 unspecified atom stereocenters. The number of pyridine rings is 1. The number of rotatable bonds is 3. The molecule has 24 heavy (non-hydrogen) atoms. The van der Waals surface area contributed by atoms with Crippen LogP contribution >= 0.6 is 34.8 Å². The van der Waals surface area contributed by atoms with E-state index in [1.54, 1.807) is 0 Å². The maximum atomic E-state index is 9.07. The van der Waals surface area contributed by atoms with Crippen molar-refractivity contribution < 1.29 is 0 Å². The predicted octanol–water partition coefficient (Wildman–Crippen LogP) is 5.37. The molecule has 0 atom stereocenters. The number of piperidine rings is 1. The first-order chi connectivity index (χ1) is 11.6. The zero-order chi connectivity index (χ0) is 17.1. The molecule has 0 N–H and O–H groups in total. The molecule has 1 saturated heterocycles. The van der Waals surface area contributed by atoms with Gasteiger partial charge in [0.1, 0.15) is 16.7 Å². The van der Waals surface area contributed by atoms with Crippen LogP contribution in [0, 0.1) is 17.2 Å². The number of nitriles is 1. The van der Waals surface area contributed by atoms with Crippen LogP contribution in [0.2, 0.25) is 15.2 Å². The van der Waals surface area contributed by atoms with E-state index in [0.29, 0.717) is 16.8 Å². The van der Waals surface area contributed by atoms with Crippen LogP contribution in [0.4, 0.5) is 5.82 Å². The molecule has 3 nitrogen and oxygen atoms in total. The lowest BCUT2D eigenvalue weighted by Crippen LogP contribution is -2.35. The second kappa shape index (κ2) is 7.61. The van der Waals surface area contributed by atoms with E-state index >= 15 is 0 Å². The van der Waals surface area contributed by atoms with Gasteiger partial charge in [-0.05, 0) is 30.7 Å². The van der Waals surface area contributed by atoms with Crippen LogP contribution in [-0.4, -0.2) is 18.1 Å². The SMILES string of the molecule is N#Cc1c(Cl)nc(N2CCC(Cc3ccccc3)CC2)c(Cl)c1Cl. The molecule has 0 aliphatic carbocycles. The first-order valence-corrected chi connectivity index (χ1v) is 8.97. The van der Waals surface area contributed by atoms with Gasteiger partial charge in [0.25, 0.3) is 0 Å². The number of anilines is 1. The van der Waals surface area contributed by atoms with E-state index in [1.165, 1.54) is 5.56 Å². The first-order valence-electron chi connectivity index (χ1n) is 7.83. The minimum Gasteiger partial charge on any atom is -0.355 e. The van der Waals surface area contributed by atoms with Crippen molar-refractivity contribution in [2.24, 2.45) is 5.92 Å². The van der Waals surface area contributed by atoms with Gasteiger partial charge in [-0.25, -0.2) is 4.98 Å². The van der Waals surface area contributed by atoms with Crippen LogP contribution in [-0.2, 0) is 6.42 Å². The summed E-state index contributed by atoms with van der Waals surface area (Å²) in [5, 5.41) is 9.66. The molecule has 0 saturated carbocycles. The molecular weight excluding hydrogens is 365 g/mol. The van der Waals surface area contributed by atoms with Gasteiger partial charge in [-0.2, -0.15) is 5.26 Å². The molecule has 0 bridgehead atoms. The van der Waals surface area contributed by atoms with E-state index < -0.39 is 0 Å². The third kappa shape index (κ3) is 3.62. The second-order valence-electron chi connectivity index (χ2n) is 5.96. The molecule has 1 aromatic carbocycles. The molecule has 1 aliphatic rings. The summed E-state index contributed by atoms with van der Waals surface area (Å²) < 4.78 is 0. The van der Waals surface area contributed by atoms with Crippen LogP contribution in [0.25, 0.3) is 0 Å². The molecule has 0 spiro atoms. The lowest BCUT2D eigenvalue weighted by molar-refractivity contribution is 0.402. The fraction of sp³-hybridized carbons (Fsp3) is 0.333. The molecule has 1 aromatic heterocycles. The van der Waals surface area contributed by atoms with Gasteiger partial charge in [0.05, 0.1) is 5.02 Å². The summed E-state index contributed by atoms with van der Waals surface area (Å²) in [4.78, 5) is 6.39. The normalized spacial score (nSPS) is 15.3. The van der Waals surface area contributed by atoms with Gasteiger partial charge in [0.15, 0.2) is 11.0 Å². The van der Waals surface area contributed by atoms with Gasteiger partial charge in [-0.1, -0.05) is 65.1 Å². The van der Waals surface area contributed by atoms with Crippen molar-refractivity contribution in [2.75, 3.05) is 18.0 Å². The Labute approximate surface area is 156 Å². The Morgan fingerprint density at radius 1 is 1.08 bits per heavy atom. The standard InChI is InChI=1S/C18H16Cl3N3/c19-15-14(11-22)17(21)23-18(16(15)20)24-8-6-13(7-9-24)10-12-4-2-1-3-5-12/h1-5,13H,6-10H2. The zero-order valence-electron chi connectivity index (χ0n) is 13.0. The molecular formula is C18H16Cl3N3. The van der Waals surface area contributed by atoms with E-state index in [2.05, 4.69) is 34.1 Å². The van der Waals surface area contributed by atoms with Crippen molar-refractivity contribution in [2.45, 2.75) is 19.3 Å². The average molecular weight is 381 g/mol. The molecule has 3 rings (SSSR count). The van der Waals surface area contributed by atoms with E-state index in [9.17, 15) is 0 Å². The van der Waals surface area contributed by atoms with Crippen LogP contribution in [0.3, 0.4) is 0 Å². The third-order valence-electron chi connectivity index (χ3n) is 4.41. The van der Waals surface area contributed by atoms with Crippen molar-refractivity contribution in [1.29, 1.82) is 5.26 Å². The summed E-state index contributed by atoms with van der Waals surface area (Å²) in [7, 11) is 0. The second-order valence-corrected chi connectivity index (χ2v) is 7.08. The highest BCUT2D eigenvalue weighted by Crippen LogP contribution is 2.38. The molecule has 0 amide bonds. The Kier molecular flexibility index (Phi) is 5.50. The number of hydrogen-bond donors (Lipinski definition) is 0. The Morgan fingerprint density at radius 2 is 1.75 bits per heavy atom. The summed E-state index contributed by atoms with van der Waals surface area (Å²) in [6.45, 7) is 1.70. The zero-order valence-corrected chi connectivity index (χ0v) is 15.2. The van der Waals surface area contributed by atoms with Gasteiger partial charge in [0.2, 0.25) is 0 Å². The fourth-order valence-electron chi connectivity index (χ4n) is 3.10. The van der Waals surface area contributed by atoms with Crippen molar-refractivity contribution in [3.05, 3.63) is 56.7 Å². The Bertz CT molecular complexity index is 763. The van der Waals surface area contributed by atoms with Crippen LogP contribution in [0.5, 0.6) is 0 Å². The molecule has 2 heterocycles. The smallest absolute Gasteiger partial charge is 0.150 e. The Hall–Kier alpha value is -1.47. The quantitative estimate of drug-likeness (QED) is 0.672. The van der Waals surface area contributed by atoms with Crippen LogP contribution < -0.4 is 4.90 Å². The Balaban J connectivity index is 1.70. The summed E-state index contributed by atoms with van der Waals surface area (Å²) in [6, 6.07) is 12.5. The van der Waals surface area contributed by atoms with E-state index in [4.69, 9.17) is 40.1 Å². The maximum Gasteiger partial charge on any atom is 0.150 e. The van der Waals surface area contributed by atoms with Crippen molar-refractivity contribution >= 4 is 40.6 Å². The molecule has 0 radical (unpaired) electrons. The lowest BCUT2D eigenvalue weighted by Gasteiger charge is -2.33. The molecule has 1 aliphatic heterocycles. The highest BCUT2D eigenvalue weighted by Gasteiger charge is 2.25. The number of nitrogens with zero attached hydrogens (tertiary/aromatic N) is 3. The minimum absolute atomic E-state index is 0.105. The number of benzene rings is 1. The number of aromatic nitrogens is 1. The topological polar surface area (TPSA) is 39.9 Å². The molecule has 6 heteroatoms. The minimum atomic E-state index is 0.105. The average Bonchev–Trinajstić information content (AvgIpc) is 2.60.